The van der Waals surface area contributed by atoms with Gasteiger partial charge in [-0.25, -0.2) is 0 Å². The summed E-state index contributed by atoms with van der Waals surface area (Å²) in [4.78, 5) is 0. The van der Waals surface area contributed by atoms with Crippen LogP contribution in [0.15, 0.2) is 24.3 Å². The number of hydrogen-bond acceptors (Lipinski definition) is 4. The molecule has 0 spiro atoms. The summed E-state index contributed by atoms with van der Waals surface area (Å²) in [5, 5.41) is 0. The van der Waals surface area contributed by atoms with E-state index in [1.54, 1.807) is 0 Å². The van der Waals surface area contributed by atoms with Crippen molar-refractivity contribution in [2.45, 2.75) is 33.2 Å². The topological polar surface area (TPSA) is 53.7 Å². The molecule has 102 valence electrons. The number of para-hydroxylation sites is 1. The van der Waals surface area contributed by atoms with Gasteiger partial charge in [0.2, 0.25) is 0 Å². The molecule has 0 aliphatic carbocycles. The maximum atomic E-state index is 5.76. The monoisotopic (exact) mass is 271 g/mol. The number of unbranched alkanes of at least 4 members (excludes halogenated alkanes) is 1. The van der Waals surface area contributed by atoms with Crippen LogP contribution in [0.3, 0.4) is 0 Å². The molecule has 0 radical (unpaired) electrons. The van der Waals surface area contributed by atoms with E-state index < -0.39 is 8.60 Å². The molecule has 18 heavy (non-hydrogen) atoms. The lowest BCUT2D eigenvalue weighted by atomic mass is 10.2. The van der Waals surface area contributed by atoms with Gasteiger partial charge in [0, 0.05) is 12.1 Å². The normalized spacial score (nSPS) is 12.4. The van der Waals surface area contributed by atoms with Crippen LogP contribution in [0.25, 0.3) is 0 Å². The molecule has 1 aromatic rings. The second kappa shape index (κ2) is 9.29. The van der Waals surface area contributed by atoms with Gasteiger partial charge in [-0.15, -0.1) is 0 Å². The summed E-state index contributed by atoms with van der Waals surface area (Å²) < 4.78 is 16.8. The van der Waals surface area contributed by atoms with E-state index in [0.29, 0.717) is 19.8 Å². The largest absolute Gasteiger partial charge is 0.426 e. The highest BCUT2D eigenvalue weighted by Crippen LogP contribution is 2.41. The van der Waals surface area contributed by atoms with Crippen molar-refractivity contribution in [3.05, 3.63) is 29.8 Å². The summed E-state index contributed by atoms with van der Waals surface area (Å²) in [5.74, 6) is 0.746. The van der Waals surface area contributed by atoms with Crippen LogP contribution in [0.1, 0.15) is 32.3 Å². The van der Waals surface area contributed by atoms with E-state index in [4.69, 9.17) is 19.3 Å². The maximum Gasteiger partial charge on any atom is 0.397 e. The highest BCUT2D eigenvalue weighted by Gasteiger charge is 2.15. The lowest BCUT2D eigenvalue weighted by Crippen LogP contribution is -2.03. The van der Waals surface area contributed by atoms with E-state index in [0.717, 1.165) is 24.2 Å². The molecule has 2 N–H and O–H groups in total. The summed E-state index contributed by atoms with van der Waals surface area (Å²) in [6, 6.07) is 7.69. The Hall–Kier alpha value is -0.670. The van der Waals surface area contributed by atoms with Crippen LogP contribution in [-0.4, -0.2) is 13.2 Å². The minimum absolute atomic E-state index is 0.445. The molecule has 4 nitrogen and oxygen atoms in total. The van der Waals surface area contributed by atoms with E-state index in [9.17, 15) is 0 Å². The van der Waals surface area contributed by atoms with Crippen LogP contribution in [0.2, 0.25) is 0 Å². The first-order valence-electron chi connectivity index (χ1n) is 6.33. The molecule has 1 atom stereocenters. The third-order valence-electron chi connectivity index (χ3n) is 2.29. The van der Waals surface area contributed by atoms with Crippen LogP contribution < -0.4 is 10.3 Å². The molecular weight excluding hydrogens is 249 g/mol. The highest BCUT2D eigenvalue weighted by atomic mass is 31.2. The Bertz CT molecular complexity index is 336. The molecule has 1 aromatic carbocycles. The van der Waals surface area contributed by atoms with E-state index in [1.165, 1.54) is 0 Å². The molecule has 0 aliphatic rings. The number of nitrogens with two attached hydrogens (primary N) is 1. The van der Waals surface area contributed by atoms with Crippen LogP contribution in [-0.2, 0) is 15.6 Å². The minimum atomic E-state index is -1.33. The Morgan fingerprint density at radius 1 is 1.17 bits per heavy atom. The van der Waals surface area contributed by atoms with E-state index in [1.807, 2.05) is 31.2 Å². The molecule has 0 bridgehead atoms. The Balaban J connectivity index is 2.58. The lowest BCUT2D eigenvalue weighted by molar-refractivity contribution is 0.210. The fraction of sp³-hybridized carbons (Fsp3) is 0.538. The Morgan fingerprint density at radius 2 is 1.94 bits per heavy atom. The molecule has 0 heterocycles. The molecule has 1 unspecified atom stereocenters. The van der Waals surface area contributed by atoms with E-state index in [2.05, 4.69) is 6.92 Å². The smallest absolute Gasteiger partial charge is 0.397 e. The van der Waals surface area contributed by atoms with Gasteiger partial charge < -0.3 is 19.3 Å². The van der Waals surface area contributed by atoms with Gasteiger partial charge in [0.15, 0.2) is 0 Å². The van der Waals surface area contributed by atoms with Crippen LogP contribution in [0.5, 0.6) is 5.75 Å². The number of hydrogen-bond donors (Lipinski definition) is 1. The predicted molar refractivity (Wildman–Crippen MR) is 74.4 cm³/mol. The Morgan fingerprint density at radius 3 is 2.61 bits per heavy atom. The first-order chi connectivity index (χ1) is 8.81. The zero-order chi connectivity index (χ0) is 13.2. The van der Waals surface area contributed by atoms with Gasteiger partial charge in [0.05, 0.1) is 13.2 Å². The van der Waals surface area contributed by atoms with Gasteiger partial charge in [0.25, 0.3) is 0 Å². The zero-order valence-corrected chi connectivity index (χ0v) is 12.0. The summed E-state index contributed by atoms with van der Waals surface area (Å²) in [6.07, 6.45) is 2.10. The van der Waals surface area contributed by atoms with Crippen molar-refractivity contribution in [3.63, 3.8) is 0 Å². The first-order valence-corrected chi connectivity index (χ1v) is 7.43. The quantitative estimate of drug-likeness (QED) is 0.550. The van der Waals surface area contributed by atoms with Crippen molar-refractivity contribution in [1.82, 2.24) is 0 Å². The second-order valence-corrected chi connectivity index (χ2v) is 4.88. The van der Waals surface area contributed by atoms with Crippen molar-refractivity contribution in [2.75, 3.05) is 13.2 Å². The SMILES string of the molecule is CCCCOP(OCC)Oc1ccccc1CN. The van der Waals surface area contributed by atoms with Crippen molar-refractivity contribution < 1.29 is 13.6 Å². The average molecular weight is 271 g/mol. The lowest BCUT2D eigenvalue weighted by Gasteiger charge is -2.17. The fourth-order valence-corrected chi connectivity index (χ4v) is 2.33. The van der Waals surface area contributed by atoms with Gasteiger partial charge in [-0.3, -0.25) is 0 Å². The minimum Gasteiger partial charge on any atom is -0.426 e. The number of benzene rings is 1. The van der Waals surface area contributed by atoms with Gasteiger partial charge >= 0.3 is 8.60 Å². The van der Waals surface area contributed by atoms with Gasteiger partial charge in [-0.2, -0.15) is 0 Å². The summed E-state index contributed by atoms with van der Waals surface area (Å²) in [7, 11) is -1.33. The van der Waals surface area contributed by atoms with Gasteiger partial charge in [-0.1, -0.05) is 31.5 Å². The van der Waals surface area contributed by atoms with Gasteiger partial charge in [-0.05, 0) is 19.4 Å². The fourth-order valence-electron chi connectivity index (χ4n) is 1.32. The summed E-state index contributed by atoms with van der Waals surface area (Å²) in [5.41, 5.74) is 6.63. The van der Waals surface area contributed by atoms with Crippen molar-refractivity contribution >= 4 is 8.60 Å². The predicted octanol–water partition coefficient (Wildman–Crippen LogP) is 3.60. The maximum absolute atomic E-state index is 5.76. The summed E-state index contributed by atoms with van der Waals surface area (Å²) in [6.45, 7) is 5.73. The molecule has 0 fully saturated rings. The molecular formula is C13H22NO3P. The Kier molecular flexibility index (Phi) is 7.94. The van der Waals surface area contributed by atoms with E-state index in [-0.39, 0.29) is 0 Å². The van der Waals surface area contributed by atoms with Crippen LogP contribution >= 0.6 is 8.60 Å². The van der Waals surface area contributed by atoms with Crippen molar-refractivity contribution in [1.29, 1.82) is 0 Å². The zero-order valence-electron chi connectivity index (χ0n) is 11.1. The third kappa shape index (κ3) is 5.32. The second-order valence-electron chi connectivity index (χ2n) is 3.73. The molecule has 0 saturated heterocycles. The molecule has 0 saturated carbocycles. The van der Waals surface area contributed by atoms with Gasteiger partial charge in [0.1, 0.15) is 5.75 Å². The molecule has 0 amide bonds. The third-order valence-corrected chi connectivity index (χ3v) is 3.50. The summed E-state index contributed by atoms with van der Waals surface area (Å²) >= 11 is 0. The van der Waals surface area contributed by atoms with Crippen molar-refractivity contribution in [2.24, 2.45) is 5.73 Å². The highest BCUT2D eigenvalue weighted by molar-refractivity contribution is 7.42. The van der Waals surface area contributed by atoms with E-state index >= 15 is 0 Å². The van der Waals surface area contributed by atoms with Crippen LogP contribution in [0, 0.1) is 0 Å². The molecule has 0 aliphatic heterocycles. The Labute approximate surface area is 110 Å². The molecule has 1 rings (SSSR count). The standard InChI is InChI=1S/C13H22NO3P/c1-3-5-10-16-18(15-4-2)17-13-9-7-6-8-12(13)11-14/h6-9H,3-5,10-11,14H2,1-2H3. The average Bonchev–Trinajstić information content (AvgIpc) is 2.40. The first kappa shape index (κ1) is 15.4. The van der Waals surface area contributed by atoms with Crippen molar-refractivity contribution in [3.8, 4) is 5.75 Å². The molecule has 5 heteroatoms. The molecule has 0 aromatic heterocycles. The number of rotatable bonds is 9. The van der Waals surface area contributed by atoms with Crippen LogP contribution in [0.4, 0.5) is 0 Å².